The van der Waals surface area contributed by atoms with E-state index in [4.69, 9.17) is 0 Å². The predicted octanol–water partition coefficient (Wildman–Crippen LogP) is 11.1. The number of halogens is 10. The van der Waals surface area contributed by atoms with Crippen molar-refractivity contribution in [3.8, 4) is 0 Å². The van der Waals surface area contributed by atoms with Gasteiger partial charge in [0, 0.05) is 26.2 Å². The quantitative estimate of drug-likeness (QED) is 0.0410. The fourth-order valence-electron chi connectivity index (χ4n) is 4.12. The van der Waals surface area contributed by atoms with E-state index < -0.39 is 80.4 Å². The van der Waals surface area contributed by atoms with E-state index in [1.54, 1.807) is 0 Å². The largest absolute Gasteiger partial charge is 0.748 e. The van der Waals surface area contributed by atoms with Crippen molar-refractivity contribution in [1.29, 1.82) is 0 Å². The van der Waals surface area contributed by atoms with Crippen LogP contribution in [0.3, 0.4) is 0 Å². The molecule has 0 bridgehead atoms. The Bertz CT molecular complexity index is 1760. The monoisotopic (exact) mass is 756 g/mol. The molecule has 0 amide bonds. The van der Waals surface area contributed by atoms with Gasteiger partial charge < -0.3 is 30.3 Å². The number of hydrogen-bond acceptors (Lipinski definition) is 0. The second-order valence-corrected chi connectivity index (χ2v) is 9.55. The minimum Gasteiger partial charge on any atom is -0.748 e. The fraction of sp³-hybridized carbons (Fsp3) is 0. The van der Waals surface area contributed by atoms with Crippen molar-refractivity contribution in [2.45, 2.75) is 0 Å². The molecule has 0 spiro atoms. The zero-order valence-electron chi connectivity index (χ0n) is 24.8. The molecule has 254 valence electrons. The zero-order chi connectivity index (χ0) is 34.8. The van der Waals surface area contributed by atoms with Crippen LogP contribution in [-0.4, -0.2) is 0 Å². The molecular weight excluding hydrogens is 738 g/mol. The Morgan fingerprint density at radius 2 is 0.633 bits per heavy atom. The summed E-state index contributed by atoms with van der Waals surface area (Å²) in [6.07, 6.45) is 4.57. The van der Waals surface area contributed by atoms with E-state index in [-0.39, 0.29) is 37.3 Å². The van der Waals surface area contributed by atoms with E-state index in [1.807, 2.05) is 60.7 Å². The molecule has 49 heavy (non-hydrogen) atoms. The second-order valence-electron chi connectivity index (χ2n) is 9.55. The van der Waals surface area contributed by atoms with Gasteiger partial charge in [-0.3, -0.25) is 0 Å². The molecular formula is C38H20F10Zr-8. The second kappa shape index (κ2) is 18.1. The molecule has 0 heterocycles. The van der Waals surface area contributed by atoms with Gasteiger partial charge in [-0.1, -0.05) is 36.4 Å². The third kappa shape index (κ3) is 9.24. The summed E-state index contributed by atoms with van der Waals surface area (Å²) in [5, 5.41) is 0. The average Bonchev–Trinajstić information content (AvgIpc) is 3.89. The van der Waals surface area contributed by atoms with Gasteiger partial charge in [0.15, 0.2) is 34.9 Å². The first-order valence-electron chi connectivity index (χ1n) is 13.8. The molecule has 0 nitrogen and oxygen atoms in total. The summed E-state index contributed by atoms with van der Waals surface area (Å²) in [5.41, 5.74) is -6.13. The van der Waals surface area contributed by atoms with Gasteiger partial charge in [0.1, 0.15) is 23.3 Å². The van der Waals surface area contributed by atoms with E-state index >= 15 is 0 Å². The molecule has 0 unspecified atom stereocenters. The fourth-order valence-corrected chi connectivity index (χ4v) is 4.12. The molecule has 6 aromatic carbocycles. The van der Waals surface area contributed by atoms with Crippen molar-refractivity contribution in [1.82, 2.24) is 0 Å². The first-order valence-corrected chi connectivity index (χ1v) is 13.8. The van der Waals surface area contributed by atoms with Crippen molar-refractivity contribution in [2.75, 3.05) is 0 Å². The number of allylic oxidation sites excluding steroid dienone is 2. The van der Waals surface area contributed by atoms with E-state index in [2.05, 4.69) is 12.2 Å². The minimum atomic E-state index is -2.53. The first kappa shape index (κ1) is 38.7. The van der Waals surface area contributed by atoms with E-state index in [0.29, 0.717) is 0 Å². The summed E-state index contributed by atoms with van der Waals surface area (Å²) in [6.45, 7) is 0. The number of benzene rings is 4. The Labute approximate surface area is 294 Å². The van der Waals surface area contributed by atoms with Crippen LogP contribution >= 0.6 is 0 Å². The summed E-state index contributed by atoms with van der Waals surface area (Å²) in [4.78, 5) is 0. The van der Waals surface area contributed by atoms with Crippen LogP contribution in [0.25, 0.3) is 11.1 Å². The van der Waals surface area contributed by atoms with Crippen LogP contribution in [0.2, 0.25) is 0 Å². The molecule has 0 N–H and O–H groups in total. The molecule has 6 rings (SSSR count). The summed E-state index contributed by atoms with van der Waals surface area (Å²) in [6, 6.07) is 33.4. The van der Waals surface area contributed by atoms with E-state index in [1.165, 1.54) is 60.7 Å². The third-order valence-corrected chi connectivity index (χ3v) is 6.37. The maximum Gasteiger partial charge on any atom is 0.199 e. The normalized spacial score (nSPS) is 11.1. The summed E-state index contributed by atoms with van der Waals surface area (Å²) < 4.78 is 144. The van der Waals surface area contributed by atoms with Crippen molar-refractivity contribution in [2.24, 2.45) is 0 Å². The predicted molar refractivity (Wildman–Crippen MR) is 161 cm³/mol. The topological polar surface area (TPSA) is 0 Å². The van der Waals surface area contributed by atoms with Crippen molar-refractivity contribution < 1.29 is 70.1 Å². The summed E-state index contributed by atoms with van der Waals surface area (Å²) in [5.74, 6) is -24.5. The van der Waals surface area contributed by atoms with Crippen LogP contribution < -0.4 is 0 Å². The van der Waals surface area contributed by atoms with Crippen LogP contribution in [0.15, 0.2) is 121 Å². The summed E-state index contributed by atoms with van der Waals surface area (Å²) in [7, 11) is 0. The van der Waals surface area contributed by atoms with Crippen LogP contribution in [0.4, 0.5) is 43.9 Å². The average molecular weight is 758 g/mol. The zero-order valence-corrected chi connectivity index (χ0v) is 27.3. The SMILES string of the molecule is Fc1c(F)c(F)c(C(=[C-]c2ccccc2)C(=[C-]c2ccccc2)c2c(F)c(F)c(F)c(F)c2F)c(F)c1F.[Zr].[cH-]1[cH-][cH-][cH-][cH-]1.c1cc[cH-]c1. The molecule has 0 aliphatic carbocycles. The van der Waals surface area contributed by atoms with Gasteiger partial charge in [-0.25, -0.2) is 56.0 Å². The molecule has 0 radical (unpaired) electrons. The summed E-state index contributed by atoms with van der Waals surface area (Å²) >= 11 is 0. The Morgan fingerprint density at radius 1 is 0.367 bits per heavy atom. The van der Waals surface area contributed by atoms with Gasteiger partial charge >= 0.3 is 0 Å². The smallest absolute Gasteiger partial charge is 0.199 e. The Kier molecular flexibility index (Phi) is 14.3. The van der Waals surface area contributed by atoms with Gasteiger partial charge in [-0.05, 0) is 11.1 Å². The Morgan fingerprint density at radius 3 is 0.878 bits per heavy atom. The number of rotatable bonds is 5. The van der Waals surface area contributed by atoms with E-state index in [0.717, 1.165) is 0 Å². The molecule has 0 atom stereocenters. The van der Waals surface area contributed by atoms with E-state index in [9.17, 15) is 43.9 Å². The number of hydrogen-bond donors (Lipinski definition) is 0. The molecule has 0 fully saturated rings. The molecule has 0 saturated carbocycles. The molecule has 0 aliphatic rings. The molecule has 11 heteroatoms. The molecule has 0 saturated heterocycles. The van der Waals surface area contributed by atoms with Crippen LogP contribution in [0.1, 0.15) is 22.3 Å². The van der Waals surface area contributed by atoms with Gasteiger partial charge in [-0.2, -0.15) is 41.5 Å². The van der Waals surface area contributed by atoms with Crippen LogP contribution in [0.5, 0.6) is 0 Å². The van der Waals surface area contributed by atoms with Crippen molar-refractivity contribution >= 4 is 11.1 Å². The molecule has 0 aliphatic heterocycles. The standard InChI is InChI=1S/C28H10F10.2C5H5.Zr/c29-19-17(20(30)24(34)27(37)23(19)33)15(11-13-7-3-1-4-8-13)16(12-14-9-5-2-6-10-14)18-21(31)25(35)28(38)26(36)22(18)32;2*1-2-4-5-3-1;/h1-10H;2*1-5H;/q-2;-5;-1;. The molecule has 6 aromatic rings. The van der Waals surface area contributed by atoms with Crippen LogP contribution in [-0.2, 0) is 26.2 Å². The molecule has 0 aromatic heterocycles. The van der Waals surface area contributed by atoms with Gasteiger partial charge in [-0.15, -0.1) is 35.4 Å². The van der Waals surface area contributed by atoms with Gasteiger partial charge in [0.25, 0.3) is 0 Å². The minimum absolute atomic E-state index is 0. The third-order valence-electron chi connectivity index (χ3n) is 6.37. The van der Waals surface area contributed by atoms with Gasteiger partial charge in [0.2, 0.25) is 0 Å². The van der Waals surface area contributed by atoms with Crippen molar-refractivity contribution in [3.63, 3.8) is 0 Å². The van der Waals surface area contributed by atoms with Gasteiger partial charge in [0.05, 0.1) is 0 Å². The first-order chi connectivity index (χ1) is 23.0. The Balaban J connectivity index is 0.000000504. The maximum atomic E-state index is 15.0. The van der Waals surface area contributed by atoms with Crippen molar-refractivity contribution in [3.05, 3.63) is 214 Å². The Hall–Kier alpha value is -4.76. The maximum absolute atomic E-state index is 15.0. The van der Waals surface area contributed by atoms with Crippen LogP contribution in [0, 0.1) is 70.3 Å².